The minimum atomic E-state index is -2.55. The van der Waals surface area contributed by atoms with Gasteiger partial charge in [-0.1, -0.05) is 68.4 Å². The number of aryl methyl sites for hydroxylation is 1. The van der Waals surface area contributed by atoms with Crippen molar-refractivity contribution in [3.05, 3.63) is 101 Å². The van der Waals surface area contributed by atoms with Crippen LogP contribution in [0.3, 0.4) is 0 Å². The molecule has 6 nitrogen and oxygen atoms in total. The van der Waals surface area contributed by atoms with E-state index < -0.39 is 7.36 Å². The van der Waals surface area contributed by atoms with E-state index in [1.165, 1.54) is 27.8 Å². The molecule has 3 aliphatic heterocycles. The quantitative estimate of drug-likeness (QED) is 0.344. The fraction of sp³-hybridized carbons (Fsp3) is 0.323. The maximum Gasteiger partial charge on any atom is 0.179 e. The Morgan fingerprint density at radius 2 is 1.47 bits per heavy atom. The molecule has 38 heavy (non-hydrogen) atoms. The summed E-state index contributed by atoms with van der Waals surface area (Å²) in [6.45, 7) is 10.8. The van der Waals surface area contributed by atoms with Crippen LogP contribution < -0.4 is 9.68 Å². The molecule has 3 aromatic carbocycles. The molecular formula is C31H37N6P. The highest BCUT2D eigenvalue weighted by Gasteiger charge is 2.50. The van der Waals surface area contributed by atoms with E-state index in [4.69, 9.17) is 9.85 Å². The van der Waals surface area contributed by atoms with Crippen LogP contribution in [0.2, 0.25) is 0 Å². The van der Waals surface area contributed by atoms with Gasteiger partial charge in [0.15, 0.2) is 7.36 Å². The van der Waals surface area contributed by atoms with Crippen molar-refractivity contribution >= 4 is 30.6 Å². The molecule has 196 valence electrons. The Labute approximate surface area is 227 Å². The van der Waals surface area contributed by atoms with Crippen LogP contribution in [0, 0.1) is 6.92 Å². The Morgan fingerprint density at radius 3 is 2.18 bits per heavy atom. The Hall–Kier alpha value is -3.18. The number of rotatable bonds is 3. The largest absolute Gasteiger partial charge is 0.346 e. The van der Waals surface area contributed by atoms with E-state index in [9.17, 15) is 0 Å². The topological polar surface area (TPSA) is 37.7 Å². The number of piperazine rings is 1. The Morgan fingerprint density at radius 1 is 0.816 bits per heavy atom. The van der Waals surface area contributed by atoms with Gasteiger partial charge in [-0.3, -0.25) is 0 Å². The smallest absolute Gasteiger partial charge is 0.179 e. The monoisotopic (exact) mass is 524 g/mol. The van der Waals surface area contributed by atoms with Crippen LogP contribution in [0.1, 0.15) is 25.0 Å². The molecule has 3 aliphatic rings. The van der Waals surface area contributed by atoms with E-state index in [0.717, 1.165) is 37.6 Å². The second kappa shape index (κ2) is 9.53. The summed E-state index contributed by atoms with van der Waals surface area (Å²) in [5.41, 5.74) is 7.04. The maximum atomic E-state index is 5.82. The number of benzene rings is 3. The lowest BCUT2D eigenvalue weighted by Crippen LogP contribution is -2.44. The number of hydrazone groups is 1. The fourth-order valence-electron chi connectivity index (χ4n) is 6.14. The number of fused-ring (bicyclic) bond motifs is 1. The molecule has 6 rings (SSSR count). The number of anilines is 2. The number of allylic oxidation sites excluding steroid dienone is 2. The van der Waals surface area contributed by atoms with Crippen molar-refractivity contribution in [2.45, 2.75) is 26.2 Å². The standard InChI is InChI=1S/C31H37N6P/c1-24-13-9-11-17-27(24)33-38(36-21-19-34(4)20-22-36)29(23-32-37(38)25-14-7-6-8-15-25)30-31(2,3)26-16-10-12-18-28(26)35(30)5/h6-18,23H,19-22H2,1-5H3/b30-29+. The highest BCUT2D eigenvalue weighted by atomic mass is 31.2. The Bertz CT molecular complexity index is 1470. The highest BCUT2D eigenvalue weighted by Crippen LogP contribution is 2.70. The molecule has 1 unspecified atom stereocenters. The van der Waals surface area contributed by atoms with Crippen molar-refractivity contribution in [3.63, 3.8) is 0 Å². The second-order valence-electron chi connectivity index (χ2n) is 11.0. The lowest BCUT2D eigenvalue weighted by molar-refractivity contribution is 0.227. The van der Waals surface area contributed by atoms with E-state index in [0.29, 0.717) is 0 Å². The first-order chi connectivity index (χ1) is 18.3. The predicted octanol–water partition coefficient (Wildman–Crippen LogP) is 7.05. The van der Waals surface area contributed by atoms with E-state index in [-0.39, 0.29) is 5.41 Å². The summed E-state index contributed by atoms with van der Waals surface area (Å²) in [4.78, 5) is 4.81. The zero-order chi connectivity index (χ0) is 26.5. The third-order valence-corrected chi connectivity index (χ3v) is 11.7. The zero-order valence-electron chi connectivity index (χ0n) is 23.0. The molecule has 0 N–H and O–H groups in total. The third-order valence-electron chi connectivity index (χ3n) is 8.21. The normalized spacial score (nSPS) is 25.2. The summed E-state index contributed by atoms with van der Waals surface area (Å²) in [5, 5.41) is 6.44. The number of para-hydroxylation sites is 2. The van der Waals surface area contributed by atoms with Gasteiger partial charge >= 0.3 is 0 Å². The fourth-order valence-corrected chi connectivity index (χ4v) is 10.0. The molecule has 0 radical (unpaired) electrons. The first kappa shape index (κ1) is 25.1. The van der Waals surface area contributed by atoms with Crippen LogP contribution in [-0.4, -0.2) is 56.1 Å². The highest BCUT2D eigenvalue weighted by molar-refractivity contribution is 7.71. The number of nitrogens with zero attached hydrogens (tertiary/aromatic N) is 6. The minimum absolute atomic E-state index is 0.182. The molecule has 1 atom stereocenters. The number of hydrogen-bond acceptors (Lipinski definition) is 4. The lowest BCUT2D eigenvalue weighted by atomic mass is 9.84. The van der Waals surface area contributed by atoms with Gasteiger partial charge in [0.25, 0.3) is 0 Å². The molecule has 1 saturated heterocycles. The molecule has 3 aromatic rings. The summed E-state index contributed by atoms with van der Waals surface area (Å²) in [6.07, 6.45) is 2.13. The molecule has 0 spiro atoms. The van der Waals surface area contributed by atoms with Crippen LogP contribution in [0.25, 0.3) is 0 Å². The average Bonchev–Trinajstić information content (AvgIpc) is 3.38. The molecule has 0 aromatic heterocycles. The van der Waals surface area contributed by atoms with Crippen molar-refractivity contribution in [3.8, 4) is 0 Å². The average molecular weight is 525 g/mol. The van der Waals surface area contributed by atoms with Gasteiger partial charge < -0.3 is 9.80 Å². The van der Waals surface area contributed by atoms with Gasteiger partial charge in [-0.2, -0.15) is 5.10 Å². The minimum Gasteiger partial charge on any atom is -0.346 e. The molecule has 0 bridgehead atoms. The second-order valence-corrected chi connectivity index (χ2v) is 13.8. The summed E-state index contributed by atoms with van der Waals surface area (Å²) >= 11 is 0. The van der Waals surface area contributed by atoms with Gasteiger partial charge in [0.05, 0.1) is 22.9 Å². The Kier molecular flexibility index (Phi) is 6.30. The SMILES string of the molecule is Cc1ccccc1N=P1(N2CCN(C)CC2)/C(=C2/N(C)c3ccccc3C2(C)C)C=NN1c1ccccc1. The maximum absolute atomic E-state index is 5.82. The van der Waals surface area contributed by atoms with Crippen molar-refractivity contribution in [2.24, 2.45) is 9.85 Å². The Balaban J connectivity index is 1.69. The van der Waals surface area contributed by atoms with Crippen LogP contribution >= 0.6 is 7.36 Å². The van der Waals surface area contributed by atoms with Gasteiger partial charge in [0, 0.05) is 50.0 Å². The first-order valence-corrected chi connectivity index (χ1v) is 15.1. The van der Waals surface area contributed by atoms with Gasteiger partial charge in [0.2, 0.25) is 0 Å². The number of likely N-dealkylation sites (N-methyl/N-ethyl adjacent to an activating group) is 2. The molecule has 0 saturated carbocycles. The molecule has 3 heterocycles. The first-order valence-electron chi connectivity index (χ1n) is 13.4. The lowest BCUT2D eigenvalue weighted by Gasteiger charge is -2.44. The van der Waals surface area contributed by atoms with Gasteiger partial charge in [0.1, 0.15) is 0 Å². The van der Waals surface area contributed by atoms with Crippen molar-refractivity contribution < 1.29 is 0 Å². The molecule has 0 amide bonds. The zero-order valence-corrected chi connectivity index (χ0v) is 23.9. The molecule has 0 aliphatic carbocycles. The van der Waals surface area contributed by atoms with Crippen LogP contribution in [0.4, 0.5) is 17.1 Å². The van der Waals surface area contributed by atoms with E-state index >= 15 is 0 Å². The van der Waals surface area contributed by atoms with E-state index in [1.807, 2.05) is 0 Å². The molecule has 7 heteroatoms. The molecular weight excluding hydrogens is 487 g/mol. The summed E-state index contributed by atoms with van der Waals surface area (Å²) in [7, 11) is 1.87. The summed E-state index contributed by atoms with van der Waals surface area (Å²) < 4.78 is 10.7. The van der Waals surface area contributed by atoms with Crippen molar-refractivity contribution in [1.82, 2.24) is 9.57 Å². The van der Waals surface area contributed by atoms with Crippen molar-refractivity contribution in [1.29, 1.82) is 0 Å². The van der Waals surface area contributed by atoms with Gasteiger partial charge in [-0.25, -0.2) is 14.2 Å². The predicted molar refractivity (Wildman–Crippen MR) is 162 cm³/mol. The van der Waals surface area contributed by atoms with Crippen LogP contribution in [0.15, 0.2) is 99.7 Å². The summed E-state index contributed by atoms with van der Waals surface area (Å²) in [6, 6.07) is 27.9. The van der Waals surface area contributed by atoms with Gasteiger partial charge in [-0.05, 0) is 49.4 Å². The molecule has 1 fully saturated rings. The van der Waals surface area contributed by atoms with Gasteiger partial charge in [-0.15, -0.1) is 0 Å². The van der Waals surface area contributed by atoms with E-state index in [1.54, 1.807) is 0 Å². The third kappa shape index (κ3) is 3.86. The van der Waals surface area contributed by atoms with Crippen molar-refractivity contribution in [2.75, 3.05) is 50.0 Å². The summed E-state index contributed by atoms with van der Waals surface area (Å²) in [5.74, 6) is 0. The van der Waals surface area contributed by atoms with Crippen LogP contribution in [0.5, 0.6) is 0 Å². The number of hydrogen-bond donors (Lipinski definition) is 0. The van der Waals surface area contributed by atoms with Crippen LogP contribution in [-0.2, 0) is 5.41 Å². The van der Waals surface area contributed by atoms with E-state index in [2.05, 4.69) is 139 Å².